The number of ketones is 1. The third-order valence-electron chi connectivity index (χ3n) is 2.20. The molecular formula is C10H15ClN2O2. The van der Waals surface area contributed by atoms with E-state index in [9.17, 15) is 9.90 Å². The molecule has 5 heteroatoms. The van der Waals surface area contributed by atoms with Crippen LogP contribution in [0.5, 0.6) is 0 Å². The van der Waals surface area contributed by atoms with Crippen LogP contribution in [0.1, 0.15) is 31.3 Å². The number of rotatable bonds is 2. The third-order valence-corrected chi connectivity index (χ3v) is 2.47. The summed E-state index contributed by atoms with van der Waals surface area (Å²) in [6.07, 6.45) is 0.315. The summed E-state index contributed by atoms with van der Waals surface area (Å²) in [5.74, 6) is -0.396. The molecule has 0 amide bonds. The van der Waals surface area contributed by atoms with Crippen molar-refractivity contribution in [2.24, 2.45) is 12.5 Å². The second-order valence-corrected chi connectivity index (χ2v) is 5.00. The summed E-state index contributed by atoms with van der Waals surface area (Å²) in [6, 6.07) is 0. The van der Waals surface area contributed by atoms with Gasteiger partial charge in [-0.3, -0.25) is 9.48 Å². The van der Waals surface area contributed by atoms with Gasteiger partial charge >= 0.3 is 0 Å². The Morgan fingerprint density at radius 3 is 2.47 bits per heavy atom. The number of hydrogen-bond acceptors (Lipinski definition) is 3. The fraction of sp³-hybridized carbons (Fsp3) is 0.600. The second kappa shape index (κ2) is 3.94. The van der Waals surface area contributed by atoms with Crippen molar-refractivity contribution in [3.63, 3.8) is 0 Å². The summed E-state index contributed by atoms with van der Waals surface area (Å²) in [7, 11) is 1.62. The lowest BCUT2D eigenvalue weighted by Crippen LogP contribution is -2.35. The minimum absolute atomic E-state index is 0.249. The maximum absolute atomic E-state index is 11.9. The lowest BCUT2D eigenvalue weighted by atomic mass is 9.86. The zero-order valence-electron chi connectivity index (χ0n) is 9.28. The number of carbonyl (C=O) groups excluding carboxylic acids is 1. The number of aliphatic hydroxyl groups excluding tert-OH is 1. The Morgan fingerprint density at radius 1 is 1.60 bits per heavy atom. The predicted octanol–water partition coefficient (Wildman–Crippen LogP) is 1.66. The molecule has 0 aliphatic carbocycles. The smallest absolute Gasteiger partial charge is 0.211 e. The first-order chi connectivity index (χ1) is 6.75. The summed E-state index contributed by atoms with van der Waals surface area (Å²) in [5, 5.41) is 13.9. The van der Waals surface area contributed by atoms with Gasteiger partial charge in [0.15, 0.2) is 0 Å². The fourth-order valence-electron chi connectivity index (χ4n) is 1.21. The van der Waals surface area contributed by atoms with Crippen LogP contribution in [0.3, 0.4) is 0 Å². The van der Waals surface area contributed by atoms with Crippen molar-refractivity contribution in [1.82, 2.24) is 9.78 Å². The Kier molecular flexibility index (Phi) is 3.21. The molecule has 0 radical (unpaired) electrons. The van der Waals surface area contributed by atoms with Crippen molar-refractivity contribution in [1.29, 1.82) is 0 Å². The molecule has 0 fully saturated rings. The van der Waals surface area contributed by atoms with Crippen LogP contribution >= 0.6 is 11.6 Å². The van der Waals surface area contributed by atoms with Crippen molar-refractivity contribution in [3.8, 4) is 0 Å². The third kappa shape index (κ3) is 2.38. The van der Waals surface area contributed by atoms with E-state index in [0.29, 0.717) is 0 Å². The Bertz CT molecular complexity index is 360. The van der Waals surface area contributed by atoms with Gasteiger partial charge in [0.2, 0.25) is 5.78 Å². The second-order valence-electron chi connectivity index (χ2n) is 4.60. The van der Waals surface area contributed by atoms with Gasteiger partial charge in [-0.1, -0.05) is 32.4 Å². The molecule has 1 aromatic heterocycles. The Labute approximate surface area is 93.9 Å². The van der Waals surface area contributed by atoms with Crippen LogP contribution < -0.4 is 0 Å². The van der Waals surface area contributed by atoms with E-state index in [-0.39, 0.29) is 10.7 Å². The van der Waals surface area contributed by atoms with Crippen LogP contribution in [0, 0.1) is 5.41 Å². The number of aliphatic hydroxyl groups is 1. The standard InChI is InChI=1S/C10H15ClN2O2/c1-10(2,3)9(15)8(14)7-6(11)5-12-13(7)4/h5,9,15H,1-4H3. The Balaban J connectivity index is 3.06. The molecule has 0 aliphatic heterocycles. The highest BCUT2D eigenvalue weighted by Gasteiger charge is 2.32. The molecule has 0 spiro atoms. The first-order valence-corrected chi connectivity index (χ1v) is 5.02. The van der Waals surface area contributed by atoms with Gasteiger partial charge in [0.25, 0.3) is 0 Å². The maximum atomic E-state index is 11.9. The highest BCUT2D eigenvalue weighted by atomic mass is 35.5. The normalized spacial score (nSPS) is 14.0. The van der Waals surface area contributed by atoms with Gasteiger partial charge in [0, 0.05) is 7.05 Å². The lowest BCUT2D eigenvalue weighted by molar-refractivity contribution is 0.0433. The van der Waals surface area contributed by atoms with Crippen molar-refractivity contribution < 1.29 is 9.90 Å². The number of nitrogens with zero attached hydrogens (tertiary/aromatic N) is 2. The number of hydrogen-bond donors (Lipinski definition) is 1. The van der Waals surface area contributed by atoms with E-state index in [4.69, 9.17) is 11.6 Å². The molecule has 1 atom stereocenters. The van der Waals surface area contributed by atoms with E-state index in [1.165, 1.54) is 10.9 Å². The molecule has 0 bridgehead atoms. The van der Waals surface area contributed by atoms with Gasteiger partial charge in [0.05, 0.1) is 11.2 Å². The fourth-order valence-corrected chi connectivity index (χ4v) is 1.47. The highest BCUT2D eigenvalue weighted by Crippen LogP contribution is 2.25. The van der Waals surface area contributed by atoms with Crippen LogP contribution in [-0.2, 0) is 7.05 Å². The van der Waals surface area contributed by atoms with Crippen LogP contribution in [0.15, 0.2) is 6.20 Å². The zero-order chi connectivity index (χ0) is 11.8. The molecule has 0 saturated heterocycles. The number of halogens is 1. The topological polar surface area (TPSA) is 55.1 Å². The SMILES string of the molecule is Cn1ncc(Cl)c1C(=O)C(O)C(C)(C)C. The van der Waals surface area contributed by atoms with E-state index in [1.54, 1.807) is 27.8 Å². The van der Waals surface area contributed by atoms with E-state index < -0.39 is 17.3 Å². The molecule has 1 rings (SSSR count). The van der Waals surface area contributed by atoms with Crippen molar-refractivity contribution >= 4 is 17.4 Å². The number of aryl methyl sites for hydroxylation is 1. The average molecular weight is 231 g/mol. The average Bonchev–Trinajstić information content (AvgIpc) is 2.42. The van der Waals surface area contributed by atoms with E-state index in [2.05, 4.69) is 5.10 Å². The van der Waals surface area contributed by atoms with Crippen LogP contribution in [0.25, 0.3) is 0 Å². The van der Waals surface area contributed by atoms with Gasteiger partial charge in [-0.2, -0.15) is 5.10 Å². The van der Waals surface area contributed by atoms with Crippen LogP contribution in [0.2, 0.25) is 5.02 Å². The highest BCUT2D eigenvalue weighted by molar-refractivity contribution is 6.33. The van der Waals surface area contributed by atoms with Crippen LogP contribution in [-0.4, -0.2) is 26.8 Å². The zero-order valence-corrected chi connectivity index (χ0v) is 10.0. The molecule has 1 unspecified atom stereocenters. The van der Waals surface area contributed by atoms with Crippen molar-refractivity contribution in [2.45, 2.75) is 26.9 Å². The first-order valence-electron chi connectivity index (χ1n) is 4.65. The van der Waals surface area contributed by atoms with E-state index >= 15 is 0 Å². The van der Waals surface area contributed by atoms with Crippen molar-refractivity contribution in [3.05, 3.63) is 16.9 Å². The molecule has 0 aromatic carbocycles. The number of carbonyl (C=O) groups is 1. The van der Waals surface area contributed by atoms with E-state index in [0.717, 1.165) is 0 Å². The van der Waals surface area contributed by atoms with Gasteiger partial charge in [-0.05, 0) is 5.41 Å². The van der Waals surface area contributed by atoms with E-state index in [1.807, 2.05) is 0 Å². The summed E-state index contributed by atoms with van der Waals surface area (Å²) >= 11 is 5.82. The molecule has 1 N–H and O–H groups in total. The number of Topliss-reactive ketones (excluding diaryl/α,β-unsaturated/α-hetero) is 1. The molecule has 4 nitrogen and oxygen atoms in total. The molecule has 84 valence electrons. The molecule has 15 heavy (non-hydrogen) atoms. The van der Waals surface area contributed by atoms with Crippen molar-refractivity contribution in [2.75, 3.05) is 0 Å². The van der Waals surface area contributed by atoms with Gasteiger partial charge < -0.3 is 5.11 Å². The molecule has 1 aromatic rings. The Morgan fingerprint density at radius 2 is 2.13 bits per heavy atom. The summed E-state index contributed by atoms with van der Waals surface area (Å²) in [4.78, 5) is 11.9. The summed E-state index contributed by atoms with van der Waals surface area (Å²) in [6.45, 7) is 5.37. The van der Waals surface area contributed by atoms with Crippen LogP contribution in [0.4, 0.5) is 0 Å². The molecule has 0 saturated carbocycles. The molecule has 1 heterocycles. The largest absolute Gasteiger partial charge is 0.384 e. The molecule has 0 aliphatic rings. The summed E-state index contributed by atoms with van der Waals surface area (Å²) in [5.41, 5.74) is -0.260. The quantitative estimate of drug-likeness (QED) is 0.787. The monoisotopic (exact) mass is 230 g/mol. The first kappa shape index (κ1) is 12.2. The summed E-state index contributed by atoms with van der Waals surface area (Å²) < 4.78 is 1.37. The van der Waals surface area contributed by atoms with Gasteiger partial charge in [0.1, 0.15) is 11.8 Å². The van der Waals surface area contributed by atoms with Gasteiger partial charge in [-0.15, -0.1) is 0 Å². The predicted molar refractivity (Wildman–Crippen MR) is 58.0 cm³/mol. The van der Waals surface area contributed by atoms with Gasteiger partial charge in [-0.25, -0.2) is 0 Å². The number of aromatic nitrogens is 2. The maximum Gasteiger partial charge on any atom is 0.211 e. The Hall–Kier alpha value is -0.870. The lowest BCUT2D eigenvalue weighted by Gasteiger charge is -2.24. The minimum Gasteiger partial charge on any atom is -0.384 e. The minimum atomic E-state index is -1.08. The molecular weight excluding hydrogens is 216 g/mol.